The summed E-state index contributed by atoms with van der Waals surface area (Å²) < 4.78 is 5.32. The number of aryl methyl sites for hydroxylation is 1. The molecule has 1 fully saturated rings. The molecule has 4 rings (SSSR count). The summed E-state index contributed by atoms with van der Waals surface area (Å²) in [6.07, 6.45) is 2.59. The van der Waals surface area contributed by atoms with E-state index in [4.69, 9.17) is 4.74 Å². The third-order valence-corrected chi connectivity index (χ3v) is 5.80. The number of methoxy groups -OCH3 is 1. The second-order valence-electron chi connectivity index (χ2n) is 7.63. The van der Waals surface area contributed by atoms with Crippen molar-refractivity contribution in [1.82, 2.24) is 9.80 Å². The zero-order chi connectivity index (χ0) is 20.5. The third kappa shape index (κ3) is 3.50. The van der Waals surface area contributed by atoms with Crippen LogP contribution in [0.5, 0.6) is 5.75 Å². The minimum Gasteiger partial charge on any atom is -0.496 e. The molecule has 2 heterocycles. The van der Waals surface area contributed by atoms with E-state index in [1.165, 1.54) is 0 Å². The summed E-state index contributed by atoms with van der Waals surface area (Å²) in [5.74, 6) is -0.105. The number of likely N-dealkylation sites (tertiary alicyclic amines) is 1. The van der Waals surface area contributed by atoms with Gasteiger partial charge in [0.2, 0.25) is 5.91 Å². The molecule has 2 aromatic rings. The number of amides is 3. The molecule has 0 aromatic heterocycles. The summed E-state index contributed by atoms with van der Waals surface area (Å²) in [6.45, 7) is 2.45. The average molecular weight is 392 g/mol. The number of ether oxygens (including phenoxy) is 1. The van der Waals surface area contributed by atoms with Crippen LogP contribution >= 0.6 is 0 Å². The molecular formula is C23H24N2O4. The molecule has 2 aliphatic heterocycles. The highest BCUT2D eigenvalue weighted by molar-refractivity contribution is 6.22. The quantitative estimate of drug-likeness (QED) is 0.734. The number of carbonyl (C=O) groups is 3. The molecule has 0 spiro atoms. The fourth-order valence-electron chi connectivity index (χ4n) is 4.32. The number of hydrogen-bond donors (Lipinski definition) is 0. The summed E-state index contributed by atoms with van der Waals surface area (Å²) in [7, 11) is 1.65. The van der Waals surface area contributed by atoms with Gasteiger partial charge in [0.25, 0.3) is 11.8 Å². The first-order valence-corrected chi connectivity index (χ1v) is 9.88. The van der Waals surface area contributed by atoms with Crippen LogP contribution in [-0.2, 0) is 11.2 Å². The Balaban J connectivity index is 1.45. The van der Waals surface area contributed by atoms with E-state index in [9.17, 15) is 14.4 Å². The smallest absolute Gasteiger partial charge is 0.262 e. The molecule has 0 saturated carbocycles. The maximum absolute atomic E-state index is 13.0. The fourth-order valence-corrected chi connectivity index (χ4v) is 4.32. The zero-order valence-electron chi connectivity index (χ0n) is 16.7. The van der Waals surface area contributed by atoms with E-state index >= 15 is 0 Å². The Hall–Kier alpha value is -3.15. The number of benzene rings is 2. The van der Waals surface area contributed by atoms with Crippen molar-refractivity contribution in [3.05, 3.63) is 64.7 Å². The molecule has 6 nitrogen and oxygen atoms in total. The monoisotopic (exact) mass is 392 g/mol. The van der Waals surface area contributed by atoms with Crippen LogP contribution < -0.4 is 4.74 Å². The normalized spacial score (nSPS) is 18.3. The van der Waals surface area contributed by atoms with Gasteiger partial charge in [0.15, 0.2) is 0 Å². The van der Waals surface area contributed by atoms with Gasteiger partial charge in [-0.3, -0.25) is 19.3 Å². The Bertz CT molecular complexity index is 950. The predicted octanol–water partition coefficient (Wildman–Crippen LogP) is 2.83. The number of hydrogen-bond acceptors (Lipinski definition) is 4. The first-order valence-electron chi connectivity index (χ1n) is 9.88. The Labute approximate surface area is 170 Å². The molecule has 0 bridgehead atoms. The molecular weight excluding hydrogens is 368 g/mol. The van der Waals surface area contributed by atoms with Gasteiger partial charge >= 0.3 is 0 Å². The minimum absolute atomic E-state index is 0.0745. The Morgan fingerprint density at radius 2 is 1.79 bits per heavy atom. The van der Waals surface area contributed by atoms with Gasteiger partial charge in [0.05, 0.1) is 18.2 Å². The van der Waals surface area contributed by atoms with Gasteiger partial charge in [-0.05, 0) is 55.5 Å². The van der Waals surface area contributed by atoms with Gasteiger partial charge < -0.3 is 9.64 Å². The number of fused-ring (bicyclic) bond motifs is 1. The standard InChI is InChI=1S/C23H24N2O4/c1-15-12-16(9-10-20(15)29-2)13-17-6-5-11-24(17)21(26)14-25-22(27)18-7-3-4-8-19(18)23(25)28/h3-4,7-10,12,17H,5-6,11,13-14H2,1-2H3. The van der Waals surface area contributed by atoms with Crippen LogP contribution in [0.3, 0.4) is 0 Å². The summed E-state index contributed by atoms with van der Waals surface area (Å²) in [6, 6.07) is 12.8. The Morgan fingerprint density at radius 1 is 1.10 bits per heavy atom. The van der Waals surface area contributed by atoms with Gasteiger partial charge in [-0.15, -0.1) is 0 Å². The fraction of sp³-hybridized carbons (Fsp3) is 0.348. The van der Waals surface area contributed by atoms with E-state index in [-0.39, 0.29) is 30.3 Å². The third-order valence-electron chi connectivity index (χ3n) is 5.80. The molecule has 0 radical (unpaired) electrons. The molecule has 0 N–H and O–H groups in total. The average Bonchev–Trinajstić information content (AvgIpc) is 3.27. The first kappa shape index (κ1) is 19.2. The predicted molar refractivity (Wildman–Crippen MR) is 108 cm³/mol. The molecule has 1 atom stereocenters. The lowest BCUT2D eigenvalue weighted by Gasteiger charge is -2.27. The van der Waals surface area contributed by atoms with E-state index in [0.717, 1.165) is 41.0 Å². The van der Waals surface area contributed by atoms with Crippen LogP contribution in [0.15, 0.2) is 42.5 Å². The van der Waals surface area contributed by atoms with E-state index in [2.05, 4.69) is 6.07 Å². The lowest BCUT2D eigenvalue weighted by atomic mass is 10.0. The van der Waals surface area contributed by atoms with Crippen molar-refractivity contribution in [3.63, 3.8) is 0 Å². The summed E-state index contributed by atoms with van der Waals surface area (Å²) in [5.41, 5.74) is 2.95. The van der Waals surface area contributed by atoms with Crippen molar-refractivity contribution >= 4 is 17.7 Å². The number of imide groups is 1. The van der Waals surface area contributed by atoms with Gasteiger partial charge in [-0.2, -0.15) is 0 Å². The lowest BCUT2D eigenvalue weighted by molar-refractivity contribution is -0.132. The molecule has 0 aliphatic carbocycles. The van der Waals surface area contributed by atoms with Crippen molar-refractivity contribution in [3.8, 4) is 5.75 Å². The van der Waals surface area contributed by atoms with Crippen molar-refractivity contribution in [1.29, 1.82) is 0 Å². The van der Waals surface area contributed by atoms with Crippen LogP contribution in [0.4, 0.5) is 0 Å². The molecule has 2 aliphatic rings. The van der Waals surface area contributed by atoms with Crippen molar-refractivity contribution in [2.45, 2.75) is 32.2 Å². The summed E-state index contributed by atoms with van der Waals surface area (Å²) in [5, 5.41) is 0. The molecule has 150 valence electrons. The Morgan fingerprint density at radius 3 is 2.41 bits per heavy atom. The maximum atomic E-state index is 13.0. The largest absolute Gasteiger partial charge is 0.496 e. The number of nitrogens with zero attached hydrogens (tertiary/aromatic N) is 2. The lowest BCUT2D eigenvalue weighted by Crippen LogP contribution is -2.45. The van der Waals surface area contributed by atoms with Crippen LogP contribution in [0.2, 0.25) is 0 Å². The molecule has 2 aromatic carbocycles. The minimum atomic E-state index is -0.388. The molecule has 6 heteroatoms. The highest BCUT2D eigenvalue weighted by Gasteiger charge is 2.38. The van der Waals surface area contributed by atoms with Crippen molar-refractivity contribution in [2.24, 2.45) is 0 Å². The second-order valence-corrected chi connectivity index (χ2v) is 7.63. The molecule has 1 saturated heterocycles. The maximum Gasteiger partial charge on any atom is 0.262 e. The van der Waals surface area contributed by atoms with E-state index in [0.29, 0.717) is 17.7 Å². The highest BCUT2D eigenvalue weighted by atomic mass is 16.5. The van der Waals surface area contributed by atoms with Crippen molar-refractivity contribution < 1.29 is 19.1 Å². The number of carbonyl (C=O) groups excluding carboxylic acids is 3. The summed E-state index contributed by atoms with van der Waals surface area (Å²) in [4.78, 5) is 41.0. The number of rotatable bonds is 5. The first-order chi connectivity index (χ1) is 14.0. The van der Waals surface area contributed by atoms with Crippen molar-refractivity contribution in [2.75, 3.05) is 20.2 Å². The second kappa shape index (κ2) is 7.70. The van der Waals surface area contributed by atoms with E-state index < -0.39 is 0 Å². The topological polar surface area (TPSA) is 66.9 Å². The van der Waals surface area contributed by atoms with Gasteiger partial charge in [0.1, 0.15) is 12.3 Å². The van der Waals surface area contributed by atoms with Gasteiger partial charge in [-0.1, -0.05) is 24.3 Å². The van der Waals surface area contributed by atoms with Crippen LogP contribution in [0.25, 0.3) is 0 Å². The summed E-state index contributed by atoms with van der Waals surface area (Å²) >= 11 is 0. The van der Waals surface area contributed by atoms with Crippen LogP contribution in [0, 0.1) is 6.92 Å². The van der Waals surface area contributed by atoms with Gasteiger partial charge in [-0.25, -0.2) is 0 Å². The SMILES string of the molecule is COc1ccc(CC2CCCN2C(=O)CN2C(=O)c3ccccc3C2=O)cc1C. The molecule has 3 amide bonds. The molecule has 29 heavy (non-hydrogen) atoms. The van der Waals surface area contributed by atoms with Crippen LogP contribution in [-0.4, -0.2) is 53.8 Å². The van der Waals surface area contributed by atoms with Gasteiger partial charge in [0, 0.05) is 12.6 Å². The van der Waals surface area contributed by atoms with Crippen LogP contribution in [0.1, 0.15) is 44.7 Å². The Kier molecular flexibility index (Phi) is 5.09. The molecule has 1 unspecified atom stereocenters. The van der Waals surface area contributed by atoms with E-state index in [1.54, 1.807) is 31.4 Å². The highest BCUT2D eigenvalue weighted by Crippen LogP contribution is 2.26. The zero-order valence-corrected chi connectivity index (χ0v) is 16.7. The van der Waals surface area contributed by atoms with E-state index in [1.807, 2.05) is 24.0 Å².